The van der Waals surface area contributed by atoms with Crippen LogP contribution in [0.4, 0.5) is 0 Å². The van der Waals surface area contributed by atoms with Crippen molar-refractivity contribution in [2.45, 2.75) is 13.3 Å². The van der Waals surface area contributed by atoms with Gasteiger partial charge in [-0.2, -0.15) is 0 Å². The van der Waals surface area contributed by atoms with Gasteiger partial charge in [0.25, 0.3) is 0 Å². The van der Waals surface area contributed by atoms with Crippen LogP contribution in [0.1, 0.15) is 13.3 Å². The molecule has 0 aliphatic rings. The summed E-state index contributed by atoms with van der Waals surface area (Å²) in [5.41, 5.74) is 0. The zero-order valence-electron chi connectivity index (χ0n) is 7.25. The number of amides is 1. The van der Waals surface area contributed by atoms with Gasteiger partial charge in [-0.15, -0.1) is 0 Å². The third-order valence-corrected chi connectivity index (χ3v) is 2.74. The van der Waals surface area contributed by atoms with Gasteiger partial charge in [-0.1, -0.05) is 0 Å². The van der Waals surface area contributed by atoms with Gasteiger partial charge >= 0.3 is 0 Å². The number of nitrogens with one attached hydrogen (secondary N) is 2. The molecule has 12 heavy (non-hydrogen) atoms. The van der Waals surface area contributed by atoms with Crippen molar-refractivity contribution in [3.8, 4) is 0 Å². The fourth-order valence-electron chi connectivity index (χ4n) is 0.547. The summed E-state index contributed by atoms with van der Waals surface area (Å²) in [6.45, 7) is 1.71. The van der Waals surface area contributed by atoms with Crippen LogP contribution in [0, 0.1) is 0 Å². The van der Waals surface area contributed by atoms with Crippen molar-refractivity contribution < 1.29 is 13.2 Å². The van der Waals surface area contributed by atoms with E-state index in [1.807, 2.05) is 0 Å². The summed E-state index contributed by atoms with van der Waals surface area (Å²) in [5, 5.41) is 2.40. The summed E-state index contributed by atoms with van der Waals surface area (Å²) in [4.78, 5) is 10.6. The molecular formula is C6H14N2O3S. The van der Waals surface area contributed by atoms with Crippen LogP contribution < -0.4 is 10.0 Å². The minimum atomic E-state index is -3.15. The van der Waals surface area contributed by atoms with E-state index in [1.54, 1.807) is 6.92 Å². The maximum absolute atomic E-state index is 10.8. The van der Waals surface area contributed by atoms with Crippen LogP contribution in [0.3, 0.4) is 0 Å². The molecule has 6 heteroatoms. The van der Waals surface area contributed by atoms with Crippen molar-refractivity contribution in [3.05, 3.63) is 0 Å². The Kier molecular flexibility index (Phi) is 4.84. The number of sulfonamides is 1. The van der Waals surface area contributed by atoms with Crippen molar-refractivity contribution in [2.24, 2.45) is 0 Å². The molecule has 0 atom stereocenters. The van der Waals surface area contributed by atoms with Gasteiger partial charge in [0.15, 0.2) is 0 Å². The molecule has 0 heterocycles. The second kappa shape index (κ2) is 5.10. The first kappa shape index (κ1) is 11.4. The van der Waals surface area contributed by atoms with Crippen LogP contribution in [-0.4, -0.2) is 33.7 Å². The van der Waals surface area contributed by atoms with E-state index in [2.05, 4.69) is 10.0 Å². The summed E-state index contributed by atoms with van der Waals surface area (Å²) >= 11 is 0. The molecule has 0 fully saturated rings. The molecule has 2 N–H and O–H groups in total. The molecule has 1 amide bonds. The average molecular weight is 194 g/mol. The van der Waals surface area contributed by atoms with Gasteiger partial charge in [-0.25, -0.2) is 13.1 Å². The first-order chi connectivity index (χ1) is 5.52. The van der Waals surface area contributed by atoms with E-state index in [9.17, 15) is 13.2 Å². The van der Waals surface area contributed by atoms with E-state index in [-0.39, 0.29) is 24.6 Å². The maximum Gasteiger partial charge on any atom is 0.221 e. The van der Waals surface area contributed by atoms with Crippen molar-refractivity contribution in [1.29, 1.82) is 0 Å². The maximum atomic E-state index is 10.8. The highest BCUT2D eigenvalue weighted by Gasteiger charge is 2.05. The van der Waals surface area contributed by atoms with Crippen molar-refractivity contribution in [2.75, 3.05) is 19.3 Å². The lowest BCUT2D eigenvalue weighted by Crippen LogP contribution is -2.30. The minimum absolute atomic E-state index is 0.0424. The van der Waals surface area contributed by atoms with Crippen LogP contribution in [0.15, 0.2) is 0 Å². The SMILES string of the molecule is CCS(=O)(=O)NCCC(=O)NC. The van der Waals surface area contributed by atoms with Gasteiger partial charge in [0.05, 0.1) is 5.75 Å². The Morgan fingerprint density at radius 1 is 1.42 bits per heavy atom. The fraction of sp³-hybridized carbons (Fsp3) is 0.833. The van der Waals surface area contributed by atoms with Gasteiger partial charge < -0.3 is 5.32 Å². The Morgan fingerprint density at radius 3 is 2.42 bits per heavy atom. The molecule has 0 unspecified atom stereocenters. The summed E-state index contributed by atoms with van der Waals surface area (Å²) in [5.74, 6) is -0.130. The van der Waals surface area contributed by atoms with Crippen molar-refractivity contribution >= 4 is 15.9 Å². The Balaban J connectivity index is 3.64. The molecule has 0 spiro atoms. The second-order valence-corrected chi connectivity index (χ2v) is 4.32. The smallest absolute Gasteiger partial charge is 0.221 e. The summed E-state index contributed by atoms with van der Waals surface area (Å²) < 4.78 is 23.9. The van der Waals surface area contributed by atoms with Crippen LogP contribution in [0.5, 0.6) is 0 Å². The third kappa shape index (κ3) is 5.09. The molecule has 0 rings (SSSR count). The van der Waals surface area contributed by atoms with E-state index in [4.69, 9.17) is 0 Å². The van der Waals surface area contributed by atoms with Gasteiger partial charge in [-0.3, -0.25) is 4.79 Å². The molecule has 0 aliphatic carbocycles. The zero-order chi connectivity index (χ0) is 9.61. The number of hydrogen-bond acceptors (Lipinski definition) is 3. The largest absolute Gasteiger partial charge is 0.359 e. The Morgan fingerprint density at radius 2 is 2.00 bits per heavy atom. The first-order valence-corrected chi connectivity index (χ1v) is 5.35. The van der Waals surface area contributed by atoms with E-state index < -0.39 is 10.0 Å². The molecule has 0 aromatic carbocycles. The Hall–Kier alpha value is -0.620. The van der Waals surface area contributed by atoms with Crippen molar-refractivity contribution in [3.63, 3.8) is 0 Å². The molecule has 0 bridgehead atoms. The lowest BCUT2D eigenvalue weighted by atomic mass is 10.4. The zero-order valence-corrected chi connectivity index (χ0v) is 8.07. The first-order valence-electron chi connectivity index (χ1n) is 3.69. The number of carbonyl (C=O) groups is 1. The molecule has 72 valence electrons. The average Bonchev–Trinajstić information content (AvgIpc) is 2.04. The van der Waals surface area contributed by atoms with Crippen molar-refractivity contribution in [1.82, 2.24) is 10.0 Å². The van der Waals surface area contributed by atoms with Crippen LogP contribution in [0.2, 0.25) is 0 Å². The van der Waals surface area contributed by atoms with Gasteiger partial charge in [0.2, 0.25) is 15.9 Å². The molecular weight excluding hydrogens is 180 g/mol. The van der Waals surface area contributed by atoms with Gasteiger partial charge in [-0.05, 0) is 6.92 Å². The van der Waals surface area contributed by atoms with Crippen LogP contribution in [0.25, 0.3) is 0 Å². The quantitative estimate of drug-likeness (QED) is 0.593. The highest BCUT2D eigenvalue weighted by Crippen LogP contribution is 1.83. The highest BCUT2D eigenvalue weighted by atomic mass is 32.2. The van der Waals surface area contributed by atoms with E-state index in [1.165, 1.54) is 7.05 Å². The normalized spacial score (nSPS) is 11.2. The monoisotopic (exact) mass is 194 g/mol. The van der Waals surface area contributed by atoms with E-state index in [0.29, 0.717) is 0 Å². The molecule has 0 aromatic rings. The molecule has 0 saturated heterocycles. The molecule has 0 saturated carbocycles. The van der Waals surface area contributed by atoms with Gasteiger partial charge in [0.1, 0.15) is 0 Å². The highest BCUT2D eigenvalue weighted by molar-refractivity contribution is 7.89. The predicted molar refractivity (Wildman–Crippen MR) is 46.1 cm³/mol. The summed E-state index contributed by atoms with van der Waals surface area (Å²) in [7, 11) is -1.64. The molecule has 5 nitrogen and oxygen atoms in total. The molecule has 0 radical (unpaired) electrons. The Labute approximate surface area is 72.6 Å². The summed E-state index contributed by atoms with van der Waals surface area (Å²) in [6.07, 6.45) is 0.176. The standard InChI is InChI=1S/C6H14N2O3S/c1-3-12(10,11)8-5-4-6(9)7-2/h8H,3-5H2,1-2H3,(H,7,9). The number of rotatable bonds is 5. The van der Waals surface area contributed by atoms with E-state index >= 15 is 0 Å². The second-order valence-electron chi connectivity index (χ2n) is 2.22. The topological polar surface area (TPSA) is 75.3 Å². The third-order valence-electron chi connectivity index (χ3n) is 1.33. The van der Waals surface area contributed by atoms with Gasteiger partial charge in [0, 0.05) is 20.0 Å². The summed E-state index contributed by atoms with van der Waals surface area (Å²) in [6, 6.07) is 0. The lowest BCUT2D eigenvalue weighted by molar-refractivity contribution is -0.120. The molecule has 0 aromatic heterocycles. The van der Waals surface area contributed by atoms with Crippen LogP contribution >= 0.6 is 0 Å². The number of hydrogen-bond donors (Lipinski definition) is 2. The molecule has 0 aliphatic heterocycles. The van der Waals surface area contributed by atoms with Crippen LogP contribution in [-0.2, 0) is 14.8 Å². The predicted octanol–water partition coefficient (Wildman–Crippen LogP) is -0.938. The van der Waals surface area contributed by atoms with E-state index in [0.717, 1.165) is 0 Å². The number of carbonyl (C=O) groups excluding carboxylic acids is 1. The minimum Gasteiger partial charge on any atom is -0.359 e. The lowest BCUT2D eigenvalue weighted by Gasteiger charge is -2.02. The fourth-order valence-corrected chi connectivity index (χ4v) is 1.16. The Bertz CT molecular complexity index is 235.